The van der Waals surface area contributed by atoms with E-state index in [2.05, 4.69) is 61.7 Å². The van der Waals surface area contributed by atoms with Gasteiger partial charge >= 0.3 is 5.97 Å². The molecule has 0 aromatic heterocycles. The summed E-state index contributed by atoms with van der Waals surface area (Å²) in [5.74, 6) is -0.154. The lowest BCUT2D eigenvalue weighted by molar-refractivity contribution is -0.143. The van der Waals surface area contributed by atoms with Crippen LogP contribution in [-0.4, -0.2) is 47.4 Å². The largest absolute Gasteiger partial charge is 0.466 e. The number of unbranched alkanes of at least 4 members (excludes halogenated alkanes) is 22. The van der Waals surface area contributed by atoms with E-state index in [0.717, 1.165) is 64.2 Å². The highest BCUT2D eigenvalue weighted by atomic mass is 16.5. The van der Waals surface area contributed by atoms with Crippen molar-refractivity contribution in [2.75, 3.05) is 13.2 Å². The Hall–Kier alpha value is -2.18. The molecule has 6 heteroatoms. The monoisotopic (exact) mass is 758 g/mol. The van der Waals surface area contributed by atoms with Crippen molar-refractivity contribution in [3.8, 4) is 0 Å². The summed E-state index contributed by atoms with van der Waals surface area (Å²) in [6.07, 6.45) is 52.2. The second-order valence-electron chi connectivity index (χ2n) is 15.4. The van der Waals surface area contributed by atoms with Crippen LogP contribution in [-0.2, 0) is 14.3 Å². The number of aliphatic hydroxyl groups is 2. The van der Waals surface area contributed by atoms with Crippen LogP contribution in [0, 0.1) is 0 Å². The van der Waals surface area contributed by atoms with E-state index in [4.69, 9.17) is 4.74 Å². The number of carbonyl (C=O) groups is 2. The van der Waals surface area contributed by atoms with Gasteiger partial charge in [0.2, 0.25) is 5.91 Å². The van der Waals surface area contributed by atoms with Crippen molar-refractivity contribution in [2.45, 2.75) is 231 Å². The first kappa shape index (κ1) is 51.8. The fraction of sp³-hybridized carbons (Fsp3) is 0.792. The zero-order valence-electron chi connectivity index (χ0n) is 35.4. The summed E-state index contributed by atoms with van der Waals surface area (Å²) in [7, 11) is 0. The molecule has 1 amide bonds. The first-order valence-corrected chi connectivity index (χ1v) is 22.9. The topological polar surface area (TPSA) is 95.9 Å². The van der Waals surface area contributed by atoms with Gasteiger partial charge in [-0.2, -0.15) is 0 Å². The van der Waals surface area contributed by atoms with Crippen LogP contribution in [0.5, 0.6) is 0 Å². The maximum atomic E-state index is 12.3. The summed E-state index contributed by atoms with van der Waals surface area (Å²) < 4.78 is 5.42. The molecule has 0 fully saturated rings. The molecule has 3 N–H and O–H groups in total. The molecule has 0 rings (SSSR count). The summed E-state index contributed by atoms with van der Waals surface area (Å²) in [5, 5.41) is 23.0. The molecule has 0 spiro atoms. The van der Waals surface area contributed by atoms with Crippen LogP contribution in [0.25, 0.3) is 0 Å². The minimum Gasteiger partial charge on any atom is -0.466 e. The van der Waals surface area contributed by atoms with Crippen LogP contribution in [0.1, 0.15) is 219 Å². The zero-order valence-corrected chi connectivity index (χ0v) is 35.4. The van der Waals surface area contributed by atoms with Crippen LogP contribution in [0.15, 0.2) is 48.6 Å². The number of ether oxygens (including phenoxy) is 1. The van der Waals surface area contributed by atoms with Crippen molar-refractivity contribution < 1.29 is 24.5 Å². The second kappa shape index (κ2) is 43.5. The van der Waals surface area contributed by atoms with Crippen molar-refractivity contribution in [1.82, 2.24) is 5.32 Å². The summed E-state index contributed by atoms with van der Waals surface area (Å²) in [6.45, 7) is 4.78. The Kier molecular flexibility index (Phi) is 41.8. The molecule has 0 radical (unpaired) electrons. The molecule has 2 unspecified atom stereocenters. The lowest BCUT2D eigenvalue weighted by Crippen LogP contribution is -2.45. The highest BCUT2D eigenvalue weighted by Gasteiger charge is 2.19. The summed E-state index contributed by atoms with van der Waals surface area (Å²) >= 11 is 0. The van der Waals surface area contributed by atoms with E-state index in [1.54, 1.807) is 0 Å². The molecule has 0 aliphatic rings. The summed E-state index contributed by atoms with van der Waals surface area (Å²) in [4.78, 5) is 24.3. The third-order valence-electron chi connectivity index (χ3n) is 10.1. The molecule has 0 aliphatic carbocycles. The van der Waals surface area contributed by atoms with Gasteiger partial charge in [-0.05, 0) is 70.6 Å². The molecule has 6 nitrogen and oxygen atoms in total. The Morgan fingerprint density at radius 3 is 1.52 bits per heavy atom. The van der Waals surface area contributed by atoms with E-state index < -0.39 is 12.1 Å². The van der Waals surface area contributed by atoms with Gasteiger partial charge in [-0.15, -0.1) is 0 Å². The number of hydrogen-bond donors (Lipinski definition) is 3. The number of aliphatic hydroxyl groups excluding tert-OH is 2. The Balaban J connectivity index is 3.58. The highest BCUT2D eigenvalue weighted by Crippen LogP contribution is 2.14. The Bertz CT molecular complexity index is 926. The summed E-state index contributed by atoms with van der Waals surface area (Å²) in [6, 6.07) is -0.585. The van der Waals surface area contributed by atoms with Crippen LogP contribution >= 0.6 is 0 Å². The third-order valence-corrected chi connectivity index (χ3v) is 10.1. The van der Waals surface area contributed by atoms with E-state index in [9.17, 15) is 19.8 Å². The molecule has 0 bridgehead atoms. The lowest BCUT2D eigenvalue weighted by atomic mass is 10.0. The number of nitrogens with one attached hydrogen (secondary N) is 1. The maximum Gasteiger partial charge on any atom is 0.305 e. The van der Waals surface area contributed by atoms with E-state index in [-0.39, 0.29) is 18.5 Å². The first-order valence-electron chi connectivity index (χ1n) is 22.9. The highest BCUT2D eigenvalue weighted by molar-refractivity contribution is 5.76. The molecule has 0 heterocycles. The second-order valence-corrected chi connectivity index (χ2v) is 15.4. The number of allylic oxidation sites excluding steroid dienone is 8. The van der Waals surface area contributed by atoms with Gasteiger partial charge in [0.1, 0.15) is 0 Å². The predicted octanol–water partition coefficient (Wildman–Crippen LogP) is 13.1. The van der Waals surface area contributed by atoms with E-state index >= 15 is 0 Å². The number of carbonyl (C=O) groups excluding carboxylic acids is 2. The standard InChI is InChI=1S/C48H87NO5/c1-3-5-7-9-11-13-15-17-22-26-30-34-38-42-48(53)54-43-39-35-31-27-23-19-16-18-21-25-29-33-37-41-47(52)49-45(44-50)46(51)40-36-32-28-24-20-14-12-10-8-6-4-2/h7,9,13,15,18,21,29,33,45-46,50-51H,3-6,8,10-12,14,16-17,19-20,22-28,30-32,34-44H2,1-2H3,(H,49,52)/b9-7-,15-13-,21-18-,33-29-. The van der Waals surface area contributed by atoms with Gasteiger partial charge in [0, 0.05) is 12.8 Å². The SMILES string of the molecule is CCC/C=C\C/C=C\CCCCCCCC(=O)OCCCCCCCC/C=C\C/C=C\CCC(=O)NC(CO)C(O)CCCCCCCCCCCCC. The number of rotatable bonds is 41. The predicted molar refractivity (Wildman–Crippen MR) is 232 cm³/mol. The Morgan fingerprint density at radius 2 is 0.981 bits per heavy atom. The lowest BCUT2D eigenvalue weighted by Gasteiger charge is -2.22. The van der Waals surface area contributed by atoms with Crippen molar-refractivity contribution in [3.05, 3.63) is 48.6 Å². The van der Waals surface area contributed by atoms with Gasteiger partial charge in [-0.25, -0.2) is 0 Å². The van der Waals surface area contributed by atoms with Gasteiger partial charge in [-0.3, -0.25) is 9.59 Å². The normalized spacial score (nSPS) is 13.2. The van der Waals surface area contributed by atoms with Crippen LogP contribution in [0.3, 0.4) is 0 Å². The molecule has 0 aromatic carbocycles. The Labute approximate surface area is 334 Å². The summed E-state index contributed by atoms with van der Waals surface area (Å²) in [5.41, 5.74) is 0. The molecule has 0 aliphatic heterocycles. The van der Waals surface area contributed by atoms with Gasteiger partial charge in [0.25, 0.3) is 0 Å². The smallest absolute Gasteiger partial charge is 0.305 e. The molecule has 314 valence electrons. The van der Waals surface area contributed by atoms with Gasteiger partial charge in [0.05, 0.1) is 25.4 Å². The molecule has 54 heavy (non-hydrogen) atoms. The number of esters is 1. The zero-order chi connectivity index (χ0) is 39.4. The van der Waals surface area contributed by atoms with Crippen LogP contribution < -0.4 is 5.32 Å². The molecule has 0 saturated carbocycles. The van der Waals surface area contributed by atoms with Gasteiger partial charge < -0.3 is 20.3 Å². The maximum absolute atomic E-state index is 12.3. The molecular formula is C48H87NO5. The van der Waals surface area contributed by atoms with E-state index in [1.165, 1.54) is 116 Å². The first-order chi connectivity index (χ1) is 26.5. The number of amides is 1. The minimum atomic E-state index is -0.698. The van der Waals surface area contributed by atoms with E-state index in [1.807, 2.05) is 6.08 Å². The molecule has 2 atom stereocenters. The Morgan fingerprint density at radius 1 is 0.519 bits per heavy atom. The van der Waals surface area contributed by atoms with Crippen molar-refractivity contribution in [1.29, 1.82) is 0 Å². The fourth-order valence-corrected chi connectivity index (χ4v) is 6.55. The van der Waals surface area contributed by atoms with Crippen molar-refractivity contribution in [2.24, 2.45) is 0 Å². The fourth-order valence-electron chi connectivity index (χ4n) is 6.55. The van der Waals surface area contributed by atoms with Crippen LogP contribution in [0.2, 0.25) is 0 Å². The van der Waals surface area contributed by atoms with Crippen molar-refractivity contribution in [3.63, 3.8) is 0 Å². The third kappa shape index (κ3) is 39.5. The molecule has 0 saturated heterocycles. The molecule has 0 aromatic rings. The van der Waals surface area contributed by atoms with Gasteiger partial charge in [0.15, 0.2) is 0 Å². The average molecular weight is 758 g/mol. The number of hydrogen-bond acceptors (Lipinski definition) is 5. The van der Waals surface area contributed by atoms with E-state index in [0.29, 0.717) is 32.3 Å². The van der Waals surface area contributed by atoms with Crippen molar-refractivity contribution >= 4 is 11.9 Å². The van der Waals surface area contributed by atoms with Crippen LogP contribution in [0.4, 0.5) is 0 Å². The van der Waals surface area contributed by atoms with Gasteiger partial charge in [-0.1, -0.05) is 184 Å². The average Bonchev–Trinajstić information content (AvgIpc) is 3.17. The molecular weight excluding hydrogens is 671 g/mol. The minimum absolute atomic E-state index is 0.0338. The quantitative estimate of drug-likeness (QED) is 0.0328.